The predicted molar refractivity (Wildman–Crippen MR) is 91.2 cm³/mol. The van der Waals surface area contributed by atoms with Gasteiger partial charge in [-0.1, -0.05) is 18.7 Å². The summed E-state index contributed by atoms with van der Waals surface area (Å²) >= 11 is 0. The second-order valence-electron chi connectivity index (χ2n) is 5.12. The van der Waals surface area contributed by atoms with Crippen LogP contribution in [-0.4, -0.2) is 22.9 Å². The third kappa shape index (κ3) is 4.07. The van der Waals surface area contributed by atoms with Crippen LogP contribution in [0.4, 0.5) is 11.4 Å². The van der Waals surface area contributed by atoms with Gasteiger partial charge in [0.15, 0.2) is 0 Å². The van der Waals surface area contributed by atoms with E-state index in [1.54, 1.807) is 31.2 Å². The van der Waals surface area contributed by atoms with Crippen LogP contribution in [0.5, 0.6) is 0 Å². The number of carbonyl (C=O) groups excluding carboxylic acids is 2. The number of para-hydroxylation sites is 1. The molecule has 6 nitrogen and oxygen atoms in total. The lowest BCUT2D eigenvalue weighted by Crippen LogP contribution is -2.15. The van der Waals surface area contributed by atoms with Crippen LogP contribution in [0, 0.1) is 0 Å². The van der Waals surface area contributed by atoms with E-state index in [4.69, 9.17) is 5.11 Å². The Morgan fingerprint density at radius 1 is 0.958 bits per heavy atom. The van der Waals surface area contributed by atoms with E-state index in [9.17, 15) is 14.4 Å². The Labute approximate surface area is 138 Å². The zero-order valence-corrected chi connectivity index (χ0v) is 13.0. The van der Waals surface area contributed by atoms with Crippen molar-refractivity contribution >= 4 is 29.2 Å². The van der Waals surface area contributed by atoms with Crippen LogP contribution in [0.25, 0.3) is 0 Å². The van der Waals surface area contributed by atoms with Crippen molar-refractivity contribution in [1.29, 1.82) is 0 Å². The average Bonchev–Trinajstić information content (AvgIpc) is 2.55. The summed E-state index contributed by atoms with van der Waals surface area (Å²) in [6, 6.07) is 12.4. The van der Waals surface area contributed by atoms with Crippen LogP contribution < -0.4 is 10.6 Å². The van der Waals surface area contributed by atoms with Crippen molar-refractivity contribution in [3.63, 3.8) is 0 Å². The summed E-state index contributed by atoms with van der Waals surface area (Å²) < 4.78 is 0. The van der Waals surface area contributed by atoms with Crippen molar-refractivity contribution in [2.45, 2.75) is 6.92 Å². The van der Waals surface area contributed by atoms with Gasteiger partial charge in [-0.2, -0.15) is 0 Å². The van der Waals surface area contributed by atoms with Crippen molar-refractivity contribution in [1.82, 2.24) is 0 Å². The summed E-state index contributed by atoms with van der Waals surface area (Å²) in [5.74, 6) is -1.87. The second kappa shape index (κ2) is 7.23. The molecule has 6 heteroatoms. The number of carbonyl (C=O) groups is 3. The number of hydrogen-bond acceptors (Lipinski definition) is 3. The first-order valence-corrected chi connectivity index (χ1v) is 7.09. The van der Waals surface area contributed by atoms with Gasteiger partial charge in [-0.3, -0.25) is 9.59 Å². The molecule has 0 saturated heterocycles. The van der Waals surface area contributed by atoms with E-state index < -0.39 is 11.9 Å². The van der Waals surface area contributed by atoms with Crippen LogP contribution in [0.2, 0.25) is 0 Å². The second-order valence-corrected chi connectivity index (χ2v) is 5.12. The van der Waals surface area contributed by atoms with Crippen LogP contribution in [0.3, 0.4) is 0 Å². The number of carboxylic acids is 1. The number of hydrogen-bond donors (Lipinski definition) is 3. The lowest BCUT2D eigenvalue weighted by molar-refractivity contribution is -0.112. The minimum atomic E-state index is -1.12. The molecule has 2 aromatic rings. The lowest BCUT2D eigenvalue weighted by Gasteiger charge is -2.09. The molecule has 3 N–H and O–H groups in total. The van der Waals surface area contributed by atoms with Crippen molar-refractivity contribution < 1.29 is 19.5 Å². The van der Waals surface area contributed by atoms with Gasteiger partial charge in [0.2, 0.25) is 0 Å². The molecule has 2 aromatic carbocycles. The molecule has 0 aliphatic rings. The zero-order valence-electron chi connectivity index (χ0n) is 13.0. The maximum absolute atomic E-state index is 12.2. The number of nitrogens with one attached hydrogen (secondary N) is 2. The molecule has 0 aliphatic carbocycles. The van der Waals surface area contributed by atoms with Gasteiger partial charge in [-0.15, -0.1) is 0 Å². The lowest BCUT2D eigenvalue weighted by atomic mass is 10.1. The summed E-state index contributed by atoms with van der Waals surface area (Å²) in [6.07, 6.45) is 0. The first kappa shape index (κ1) is 17.0. The molecule has 0 aliphatic heterocycles. The summed E-state index contributed by atoms with van der Waals surface area (Å²) in [5.41, 5.74) is 1.47. The van der Waals surface area contributed by atoms with E-state index >= 15 is 0 Å². The fourth-order valence-electron chi connectivity index (χ4n) is 1.92. The number of amides is 2. The molecule has 0 atom stereocenters. The Hall–Kier alpha value is -3.41. The van der Waals surface area contributed by atoms with Crippen LogP contribution in [0.1, 0.15) is 27.6 Å². The Balaban J connectivity index is 2.12. The van der Waals surface area contributed by atoms with E-state index in [1.807, 2.05) is 0 Å². The van der Waals surface area contributed by atoms with Gasteiger partial charge < -0.3 is 15.7 Å². The third-order valence-corrected chi connectivity index (χ3v) is 3.20. The molecular formula is C18H16N2O4. The molecule has 0 bridgehead atoms. The summed E-state index contributed by atoms with van der Waals surface area (Å²) in [5, 5.41) is 14.3. The minimum absolute atomic E-state index is 0.0104. The summed E-state index contributed by atoms with van der Waals surface area (Å²) in [4.78, 5) is 34.9. The fourth-order valence-corrected chi connectivity index (χ4v) is 1.92. The predicted octanol–water partition coefficient (Wildman–Crippen LogP) is 3.15. The first-order chi connectivity index (χ1) is 11.4. The van der Waals surface area contributed by atoms with Gasteiger partial charge in [0.1, 0.15) is 0 Å². The molecule has 0 aromatic heterocycles. The molecular weight excluding hydrogens is 308 g/mol. The molecule has 2 rings (SSSR count). The van der Waals surface area contributed by atoms with Gasteiger partial charge in [0.25, 0.3) is 11.8 Å². The molecule has 0 fully saturated rings. The van der Waals surface area contributed by atoms with Gasteiger partial charge in [-0.25, -0.2) is 4.79 Å². The highest BCUT2D eigenvalue weighted by molar-refractivity contribution is 6.08. The van der Waals surface area contributed by atoms with E-state index in [2.05, 4.69) is 17.2 Å². The van der Waals surface area contributed by atoms with Gasteiger partial charge in [0.05, 0.1) is 11.3 Å². The summed E-state index contributed by atoms with van der Waals surface area (Å²) in [7, 11) is 0. The highest BCUT2D eigenvalue weighted by atomic mass is 16.4. The number of carboxylic acid groups (broad SMARTS) is 1. The van der Waals surface area contributed by atoms with E-state index in [0.29, 0.717) is 16.8 Å². The molecule has 0 unspecified atom stereocenters. The topological polar surface area (TPSA) is 95.5 Å². The Morgan fingerprint density at radius 3 is 2.17 bits per heavy atom. The van der Waals surface area contributed by atoms with Crippen LogP contribution >= 0.6 is 0 Å². The largest absolute Gasteiger partial charge is 0.478 e. The van der Waals surface area contributed by atoms with Gasteiger partial charge in [0, 0.05) is 16.8 Å². The Bertz CT molecular complexity index is 810. The van der Waals surface area contributed by atoms with E-state index in [-0.39, 0.29) is 17.2 Å². The van der Waals surface area contributed by atoms with Crippen molar-refractivity contribution in [3.8, 4) is 0 Å². The van der Waals surface area contributed by atoms with E-state index in [1.165, 1.54) is 24.3 Å². The van der Waals surface area contributed by atoms with Crippen molar-refractivity contribution in [2.24, 2.45) is 0 Å². The smallest absolute Gasteiger partial charge is 0.337 e. The van der Waals surface area contributed by atoms with Gasteiger partial charge in [-0.05, 0) is 43.3 Å². The maximum Gasteiger partial charge on any atom is 0.337 e. The molecule has 24 heavy (non-hydrogen) atoms. The van der Waals surface area contributed by atoms with Gasteiger partial charge >= 0.3 is 5.97 Å². The highest BCUT2D eigenvalue weighted by Crippen LogP contribution is 2.17. The van der Waals surface area contributed by atoms with E-state index in [0.717, 1.165) is 0 Å². The monoisotopic (exact) mass is 324 g/mol. The number of rotatable bonds is 5. The zero-order chi connectivity index (χ0) is 17.7. The number of anilines is 2. The molecule has 0 spiro atoms. The Kier molecular flexibility index (Phi) is 5.11. The van der Waals surface area contributed by atoms with Crippen LogP contribution in [-0.2, 0) is 4.79 Å². The molecule has 0 radical (unpaired) electrons. The Morgan fingerprint density at radius 2 is 1.58 bits per heavy atom. The normalized spacial score (nSPS) is 9.88. The molecule has 2 amide bonds. The molecule has 122 valence electrons. The highest BCUT2D eigenvalue weighted by Gasteiger charge is 2.13. The number of benzene rings is 2. The fraction of sp³-hybridized carbons (Fsp3) is 0.0556. The third-order valence-electron chi connectivity index (χ3n) is 3.20. The SMILES string of the molecule is C=C(C)C(=O)Nc1ccc(C(=O)Nc2ccccc2C(=O)O)cc1. The maximum atomic E-state index is 12.2. The van der Waals surface area contributed by atoms with Crippen molar-refractivity contribution in [3.05, 3.63) is 71.8 Å². The first-order valence-electron chi connectivity index (χ1n) is 7.09. The summed E-state index contributed by atoms with van der Waals surface area (Å²) in [6.45, 7) is 5.14. The minimum Gasteiger partial charge on any atom is -0.478 e. The standard InChI is InChI=1S/C18H16N2O4/c1-11(2)16(21)19-13-9-7-12(8-10-13)17(22)20-15-6-4-3-5-14(15)18(23)24/h3-10H,1H2,2H3,(H,19,21)(H,20,22)(H,23,24). The number of aromatic carboxylic acids is 1. The quantitative estimate of drug-likeness (QED) is 0.736. The molecule has 0 heterocycles. The average molecular weight is 324 g/mol. The molecule has 0 saturated carbocycles. The van der Waals surface area contributed by atoms with Crippen LogP contribution in [0.15, 0.2) is 60.7 Å². The van der Waals surface area contributed by atoms with Crippen molar-refractivity contribution in [2.75, 3.05) is 10.6 Å².